The van der Waals surface area contributed by atoms with Crippen LogP contribution in [0.3, 0.4) is 0 Å². The molecule has 0 saturated heterocycles. The van der Waals surface area contributed by atoms with Gasteiger partial charge in [0.05, 0.1) is 11.8 Å². The maximum atomic E-state index is 12.8. The summed E-state index contributed by atoms with van der Waals surface area (Å²) in [5.74, 6) is -2.29. The Hall–Kier alpha value is -1.98. The number of esters is 2. The number of hydrogen-bond acceptors (Lipinski definition) is 6. The maximum Gasteiger partial charge on any atom is 0.430 e. The molecule has 4 saturated carbocycles. The summed E-state index contributed by atoms with van der Waals surface area (Å²) in [5, 5.41) is 18.2. The summed E-state index contributed by atoms with van der Waals surface area (Å²) in [7, 11) is 0. The van der Waals surface area contributed by atoms with Crippen LogP contribution >= 0.6 is 0 Å². The van der Waals surface area contributed by atoms with Crippen LogP contribution in [0.1, 0.15) is 60.3 Å². The number of hydrogen-bond donors (Lipinski definition) is 2. The second-order valence-corrected chi connectivity index (χ2v) is 13.7. The predicted octanol–water partition coefficient (Wildman–Crippen LogP) is 7.02. The van der Waals surface area contributed by atoms with Crippen molar-refractivity contribution in [2.75, 3.05) is 6.61 Å². The molecule has 11 unspecified atom stereocenters. The molecule has 6 nitrogen and oxygen atoms in total. The third-order valence-corrected chi connectivity index (χ3v) is 11.5. The molecule has 0 amide bonds. The Morgan fingerprint density at radius 2 is 0.979 bits per heavy atom. The first-order valence-corrected chi connectivity index (χ1v) is 15.1. The maximum absolute atomic E-state index is 12.8. The highest BCUT2D eigenvalue weighted by Crippen LogP contribution is 2.57. The molecule has 0 spiro atoms. The Balaban J connectivity index is 0.000000256. The van der Waals surface area contributed by atoms with Gasteiger partial charge in [-0.15, -0.1) is 0 Å². The predicted molar refractivity (Wildman–Crippen MR) is 137 cm³/mol. The van der Waals surface area contributed by atoms with Crippen LogP contribution in [0.4, 0.5) is 52.7 Å². The fourth-order valence-corrected chi connectivity index (χ4v) is 8.00. The van der Waals surface area contributed by atoms with E-state index in [0.717, 1.165) is 12.8 Å². The normalized spacial score (nSPS) is 35.0. The first-order chi connectivity index (χ1) is 21.0. The zero-order valence-electron chi connectivity index (χ0n) is 25.9. The summed E-state index contributed by atoms with van der Waals surface area (Å²) in [4.78, 5) is 24.1. The van der Waals surface area contributed by atoms with E-state index in [1.165, 1.54) is 0 Å². The van der Waals surface area contributed by atoms with Gasteiger partial charge >= 0.3 is 36.6 Å². The van der Waals surface area contributed by atoms with E-state index in [1.807, 2.05) is 27.7 Å². The van der Waals surface area contributed by atoms with Gasteiger partial charge in [-0.2, -0.15) is 52.7 Å². The quantitative estimate of drug-likeness (QED) is 0.228. The molecule has 47 heavy (non-hydrogen) atoms. The van der Waals surface area contributed by atoms with Crippen molar-refractivity contribution in [3.63, 3.8) is 0 Å². The van der Waals surface area contributed by atoms with Crippen molar-refractivity contribution >= 4 is 11.9 Å². The minimum absolute atomic E-state index is 0.0904. The smallest absolute Gasteiger partial charge is 0.430 e. The fourth-order valence-electron chi connectivity index (χ4n) is 8.00. The Labute approximate surface area is 262 Å². The molecule has 4 aliphatic rings. The molecule has 4 bridgehead atoms. The highest BCUT2D eigenvalue weighted by atomic mass is 19.4. The second kappa shape index (κ2) is 12.7. The van der Waals surface area contributed by atoms with Gasteiger partial charge < -0.3 is 19.7 Å². The van der Waals surface area contributed by atoms with Gasteiger partial charge in [-0.05, 0) is 80.0 Å². The molecule has 11 atom stereocenters. The average molecular weight is 711 g/mol. The van der Waals surface area contributed by atoms with E-state index < -0.39 is 72.4 Å². The monoisotopic (exact) mass is 710 g/mol. The van der Waals surface area contributed by atoms with Crippen molar-refractivity contribution in [1.29, 1.82) is 0 Å². The second-order valence-electron chi connectivity index (χ2n) is 13.7. The lowest BCUT2D eigenvalue weighted by atomic mass is 9.76. The third kappa shape index (κ3) is 6.91. The van der Waals surface area contributed by atoms with Crippen molar-refractivity contribution < 1.29 is 82.0 Å². The highest BCUT2D eigenvalue weighted by Gasteiger charge is 2.75. The van der Waals surface area contributed by atoms with E-state index in [9.17, 15) is 67.4 Å². The number of rotatable bonds is 6. The molecule has 18 heteroatoms. The molecule has 0 aromatic rings. The van der Waals surface area contributed by atoms with Gasteiger partial charge in [0.15, 0.2) is 0 Å². The molecule has 0 radical (unpaired) electrons. The molecule has 0 aromatic heterocycles. The number of halogens is 12. The molecular formula is C29H38F12O6. The summed E-state index contributed by atoms with van der Waals surface area (Å²) in [6.45, 7) is 6.11. The average Bonchev–Trinajstić information content (AvgIpc) is 3.67. The van der Waals surface area contributed by atoms with E-state index in [2.05, 4.69) is 9.47 Å². The molecular weight excluding hydrogens is 672 g/mol. The van der Waals surface area contributed by atoms with E-state index >= 15 is 0 Å². The number of carbonyl (C=O) groups excluding carboxylic acids is 2. The lowest BCUT2D eigenvalue weighted by Crippen LogP contribution is -2.64. The van der Waals surface area contributed by atoms with Crippen LogP contribution in [-0.2, 0) is 19.1 Å². The third-order valence-electron chi connectivity index (χ3n) is 11.5. The van der Waals surface area contributed by atoms with Crippen molar-refractivity contribution in [2.45, 2.75) is 102 Å². The van der Waals surface area contributed by atoms with Crippen LogP contribution in [0.5, 0.6) is 0 Å². The van der Waals surface area contributed by atoms with Crippen molar-refractivity contribution in [1.82, 2.24) is 0 Å². The van der Waals surface area contributed by atoms with E-state index in [4.69, 9.17) is 5.11 Å². The number of aliphatic hydroxyl groups is 2. The number of ether oxygens (including phenoxy) is 2. The van der Waals surface area contributed by atoms with Gasteiger partial charge in [-0.3, -0.25) is 9.59 Å². The lowest BCUT2D eigenvalue weighted by Gasteiger charge is -2.37. The summed E-state index contributed by atoms with van der Waals surface area (Å²) < 4.78 is 161. The summed E-state index contributed by atoms with van der Waals surface area (Å²) in [6.07, 6.45) is -24.5. The van der Waals surface area contributed by atoms with Crippen LogP contribution < -0.4 is 0 Å². The largest absolute Gasteiger partial charge is 0.462 e. The first-order valence-electron chi connectivity index (χ1n) is 15.1. The van der Waals surface area contributed by atoms with Gasteiger partial charge in [0.2, 0.25) is 0 Å². The first kappa shape index (κ1) is 39.5. The molecule has 0 aromatic carbocycles. The molecule has 4 aliphatic carbocycles. The van der Waals surface area contributed by atoms with E-state index in [1.54, 1.807) is 0 Å². The van der Waals surface area contributed by atoms with Crippen molar-refractivity contribution in [3.05, 3.63) is 0 Å². The van der Waals surface area contributed by atoms with Gasteiger partial charge in [-0.25, -0.2) is 0 Å². The zero-order chi connectivity index (χ0) is 36.5. The van der Waals surface area contributed by atoms with Crippen molar-refractivity contribution in [3.8, 4) is 0 Å². The fraction of sp³-hybridized carbons (Fsp3) is 0.931. The lowest BCUT2D eigenvalue weighted by molar-refractivity contribution is -0.389. The number of fused-ring (bicyclic) bond motifs is 4. The standard InChI is InChI=1S/C15H20F6O3.C14H18F6O3/c1-6-7(2)10-4-9(6)5-11(10)12(22)24-8(3)13(23,14(16,17)18)15(19,20)21;1-6-7(2)9-3-8(6)4-10(9)11(21)23-5-12(22,13(15,16)17)14(18,19)20/h6-11,23H,4-5H2,1-3H3;6-10,22H,3-5H2,1-2H3. The topological polar surface area (TPSA) is 93.1 Å². The molecule has 0 aliphatic heterocycles. The Bertz CT molecular complexity index is 1120. The molecule has 4 fully saturated rings. The summed E-state index contributed by atoms with van der Waals surface area (Å²) in [5.41, 5.74) is -10.1. The van der Waals surface area contributed by atoms with Gasteiger partial charge in [0.1, 0.15) is 12.7 Å². The molecule has 4 rings (SSSR count). The highest BCUT2D eigenvalue weighted by molar-refractivity contribution is 5.74. The van der Waals surface area contributed by atoms with E-state index in [0.29, 0.717) is 31.6 Å². The van der Waals surface area contributed by atoms with Crippen LogP contribution in [0, 0.1) is 59.2 Å². The number of alkyl halides is 12. The summed E-state index contributed by atoms with van der Waals surface area (Å²) >= 11 is 0. The minimum Gasteiger partial charge on any atom is -0.462 e. The van der Waals surface area contributed by atoms with Crippen LogP contribution in [0.25, 0.3) is 0 Å². The molecule has 274 valence electrons. The number of carbonyl (C=O) groups is 2. The van der Waals surface area contributed by atoms with Crippen LogP contribution in [0.2, 0.25) is 0 Å². The van der Waals surface area contributed by atoms with Crippen LogP contribution in [-0.4, -0.2) is 70.8 Å². The molecule has 2 N–H and O–H groups in total. The minimum atomic E-state index is -6.01. The zero-order valence-corrected chi connectivity index (χ0v) is 25.9. The van der Waals surface area contributed by atoms with Crippen molar-refractivity contribution in [2.24, 2.45) is 59.2 Å². The summed E-state index contributed by atoms with van der Waals surface area (Å²) in [6, 6.07) is 0. The van der Waals surface area contributed by atoms with Crippen LogP contribution in [0.15, 0.2) is 0 Å². The Morgan fingerprint density at radius 1 is 0.617 bits per heavy atom. The Morgan fingerprint density at radius 3 is 1.28 bits per heavy atom. The van der Waals surface area contributed by atoms with Gasteiger partial charge in [0.25, 0.3) is 11.2 Å². The van der Waals surface area contributed by atoms with E-state index in [-0.39, 0.29) is 35.5 Å². The van der Waals surface area contributed by atoms with Gasteiger partial charge in [0, 0.05) is 0 Å². The van der Waals surface area contributed by atoms with Gasteiger partial charge in [-0.1, -0.05) is 27.7 Å². The molecule has 0 heterocycles. The SMILES string of the molecule is CC1C2CC(C(=O)OC(C)C(O)(C(F)(F)F)C(F)(F)F)C(C2)C1C.CC1C2CC(C(=O)OCC(O)(C(F)(F)F)C(F)(F)F)C(C2)C1C. The Kier molecular flexibility index (Phi) is 10.7.